The van der Waals surface area contributed by atoms with Crippen LogP contribution in [0.1, 0.15) is 5.69 Å². The van der Waals surface area contributed by atoms with E-state index in [2.05, 4.69) is 4.98 Å². The molecule has 1 heterocycles. The van der Waals surface area contributed by atoms with Gasteiger partial charge >= 0.3 is 7.48 Å². The zero-order chi connectivity index (χ0) is 7.40. The van der Waals surface area contributed by atoms with Crippen LogP contribution in [-0.4, -0.2) is 17.5 Å². The SMILES string of the molecule is N#Cc1cc(BO)ccn1. The van der Waals surface area contributed by atoms with E-state index < -0.39 is 0 Å². The molecule has 48 valence electrons. The fourth-order valence-electron chi connectivity index (χ4n) is 0.634. The number of aromatic nitrogens is 1. The highest BCUT2D eigenvalue weighted by atomic mass is 16.2. The van der Waals surface area contributed by atoms with E-state index in [1.807, 2.05) is 6.07 Å². The summed E-state index contributed by atoms with van der Waals surface area (Å²) in [5.74, 6) is 0. The largest absolute Gasteiger partial charge is 0.449 e. The minimum Gasteiger partial charge on any atom is -0.449 e. The molecule has 0 aliphatic rings. The standard InChI is InChI=1S/C6H5BN2O/c8-4-6-3-5(7-10)1-2-9-6/h1-3,7,10H. The van der Waals surface area contributed by atoms with Crippen LogP contribution in [0, 0.1) is 11.3 Å². The Morgan fingerprint density at radius 3 is 3.10 bits per heavy atom. The molecule has 0 aromatic carbocycles. The quantitative estimate of drug-likeness (QED) is 0.494. The maximum atomic E-state index is 8.62. The summed E-state index contributed by atoms with van der Waals surface area (Å²) in [6.07, 6.45) is 1.50. The molecule has 10 heavy (non-hydrogen) atoms. The molecular formula is C6H5BN2O. The van der Waals surface area contributed by atoms with Crippen LogP contribution in [-0.2, 0) is 0 Å². The Morgan fingerprint density at radius 2 is 2.50 bits per heavy atom. The van der Waals surface area contributed by atoms with E-state index in [9.17, 15) is 0 Å². The topological polar surface area (TPSA) is 56.9 Å². The zero-order valence-electron chi connectivity index (χ0n) is 5.28. The normalized spacial score (nSPS) is 8.40. The van der Waals surface area contributed by atoms with E-state index >= 15 is 0 Å². The Balaban J connectivity index is 3.01. The highest BCUT2D eigenvalue weighted by Gasteiger charge is 1.94. The van der Waals surface area contributed by atoms with E-state index in [1.54, 1.807) is 12.1 Å². The second-order valence-corrected chi connectivity index (χ2v) is 1.82. The van der Waals surface area contributed by atoms with Gasteiger partial charge in [0.2, 0.25) is 0 Å². The van der Waals surface area contributed by atoms with Crippen molar-refractivity contribution in [2.45, 2.75) is 0 Å². The first kappa shape index (κ1) is 6.78. The van der Waals surface area contributed by atoms with Crippen LogP contribution >= 0.6 is 0 Å². The van der Waals surface area contributed by atoms with Crippen LogP contribution in [0.25, 0.3) is 0 Å². The lowest BCUT2D eigenvalue weighted by Gasteiger charge is -1.90. The second-order valence-electron chi connectivity index (χ2n) is 1.82. The first-order valence-electron chi connectivity index (χ1n) is 2.82. The summed E-state index contributed by atoms with van der Waals surface area (Å²) >= 11 is 0. The number of rotatable bonds is 1. The molecule has 0 fully saturated rings. The van der Waals surface area contributed by atoms with Crippen molar-refractivity contribution >= 4 is 12.9 Å². The molecule has 1 rings (SSSR count). The fourth-order valence-corrected chi connectivity index (χ4v) is 0.634. The zero-order valence-corrected chi connectivity index (χ0v) is 5.28. The first-order chi connectivity index (χ1) is 4.86. The van der Waals surface area contributed by atoms with E-state index in [4.69, 9.17) is 10.3 Å². The summed E-state index contributed by atoms with van der Waals surface area (Å²) in [5, 5.41) is 17.0. The van der Waals surface area contributed by atoms with Gasteiger partial charge in [0.1, 0.15) is 11.8 Å². The molecule has 0 bridgehead atoms. The summed E-state index contributed by atoms with van der Waals surface area (Å²) in [4.78, 5) is 3.73. The molecule has 0 unspecified atom stereocenters. The van der Waals surface area contributed by atoms with E-state index in [0.717, 1.165) is 0 Å². The summed E-state index contributed by atoms with van der Waals surface area (Å²) in [5.41, 5.74) is 1.05. The molecule has 3 nitrogen and oxygen atoms in total. The fraction of sp³-hybridized carbons (Fsp3) is 0. The predicted octanol–water partition coefficient (Wildman–Crippen LogP) is -1.08. The van der Waals surface area contributed by atoms with E-state index in [-0.39, 0.29) is 7.48 Å². The number of hydrogen-bond acceptors (Lipinski definition) is 3. The third-order valence-electron chi connectivity index (χ3n) is 1.12. The van der Waals surface area contributed by atoms with Gasteiger partial charge in [-0.25, -0.2) is 4.98 Å². The maximum Gasteiger partial charge on any atom is 0.304 e. The van der Waals surface area contributed by atoms with Crippen molar-refractivity contribution in [3.05, 3.63) is 24.0 Å². The van der Waals surface area contributed by atoms with Crippen molar-refractivity contribution in [3.8, 4) is 6.07 Å². The Hall–Kier alpha value is -1.34. The molecular weight excluding hydrogens is 127 g/mol. The minimum atomic E-state index is -0.0444. The van der Waals surface area contributed by atoms with Crippen LogP contribution in [0.5, 0.6) is 0 Å². The van der Waals surface area contributed by atoms with Gasteiger partial charge in [-0.2, -0.15) is 5.26 Å². The number of hydrogen-bond donors (Lipinski definition) is 1. The van der Waals surface area contributed by atoms with Gasteiger partial charge in [0.05, 0.1) is 0 Å². The number of pyridine rings is 1. The molecule has 1 aromatic rings. The highest BCUT2D eigenvalue weighted by Crippen LogP contribution is 1.85. The molecule has 0 spiro atoms. The number of nitriles is 1. The van der Waals surface area contributed by atoms with Gasteiger partial charge in [0.15, 0.2) is 0 Å². The van der Waals surface area contributed by atoms with Gasteiger partial charge < -0.3 is 5.02 Å². The van der Waals surface area contributed by atoms with Crippen LogP contribution < -0.4 is 5.46 Å². The lowest BCUT2D eigenvalue weighted by molar-refractivity contribution is 0.615. The highest BCUT2D eigenvalue weighted by molar-refractivity contribution is 6.45. The molecule has 0 amide bonds. The summed E-state index contributed by atoms with van der Waals surface area (Å²) in [7, 11) is -0.0444. The van der Waals surface area contributed by atoms with Crippen molar-refractivity contribution in [2.75, 3.05) is 0 Å². The van der Waals surface area contributed by atoms with Crippen molar-refractivity contribution in [3.63, 3.8) is 0 Å². The molecule has 1 aromatic heterocycles. The monoisotopic (exact) mass is 132 g/mol. The van der Waals surface area contributed by atoms with Gasteiger partial charge in [-0.05, 0) is 17.6 Å². The Morgan fingerprint density at radius 1 is 1.70 bits per heavy atom. The average molecular weight is 132 g/mol. The van der Waals surface area contributed by atoms with Crippen LogP contribution in [0.3, 0.4) is 0 Å². The van der Waals surface area contributed by atoms with Crippen molar-refractivity contribution in [1.29, 1.82) is 5.26 Å². The molecule has 4 heteroatoms. The second kappa shape index (κ2) is 2.99. The minimum absolute atomic E-state index is 0.0444. The molecule has 0 saturated heterocycles. The summed E-state index contributed by atoms with van der Waals surface area (Å²) in [6.45, 7) is 0. The maximum absolute atomic E-state index is 8.62. The first-order valence-corrected chi connectivity index (χ1v) is 2.82. The summed E-state index contributed by atoms with van der Waals surface area (Å²) in [6, 6.07) is 5.10. The lowest BCUT2D eigenvalue weighted by Crippen LogP contribution is -2.13. The van der Waals surface area contributed by atoms with E-state index in [1.165, 1.54) is 6.20 Å². The smallest absolute Gasteiger partial charge is 0.304 e. The average Bonchev–Trinajstić information content (AvgIpc) is 2.05. The summed E-state index contributed by atoms with van der Waals surface area (Å²) < 4.78 is 0. The van der Waals surface area contributed by atoms with Crippen molar-refractivity contribution in [2.24, 2.45) is 0 Å². The predicted molar refractivity (Wildman–Crippen MR) is 38.0 cm³/mol. The lowest BCUT2D eigenvalue weighted by atomic mass is 9.89. The van der Waals surface area contributed by atoms with Gasteiger partial charge in [0.25, 0.3) is 0 Å². The molecule has 1 N–H and O–H groups in total. The Kier molecular flexibility index (Phi) is 2.03. The van der Waals surface area contributed by atoms with Gasteiger partial charge in [-0.3, -0.25) is 0 Å². The third-order valence-corrected chi connectivity index (χ3v) is 1.12. The van der Waals surface area contributed by atoms with E-state index in [0.29, 0.717) is 11.2 Å². The Bertz CT molecular complexity index is 269. The van der Waals surface area contributed by atoms with Crippen LogP contribution in [0.4, 0.5) is 0 Å². The van der Waals surface area contributed by atoms with Crippen molar-refractivity contribution < 1.29 is 5.02 Å². The molecule has 0 saturated carbocycles. The molecule has 0 aliphatic heterocycles. The van der Waals surface area contributed by atoms with Gasteiger partial charge in [0, 0.05) is 6.20 Å². The van der Waals surface area contributed by atoms with Crippen LogP contribution in [0.2, 0.25) is 0 Å². The van der Waals surface area contributed by atoms with Crippen LogP contribution in [0.15, 0.2) is 18.3 Å². The van der Waals surface area contributed by atoms with Crippen molar-refractivity contribution in [1.82, 2.24) is 4.98 Å². The molecule has 0 radical (unpaired) electrons. The molecule has 0 atom stereocenters. The Labute approximate surface area is 59.2 Å². The van der Waals surface area contributed by atoms with Gasteiger partial charge in [-0.1, -0.05) is 0 Å². The number of nitrogens with zero attached hydrogens (tertiary/aromatic N) is 2. The third kappa shape index (κ3) is 1.33. The van der Waals surface area contributed by atoms with Gasteiger partial charge in [-0.15, -0.1) is 0 Å². The molecule has 0 aliphatic carbocycles.